The van der Waals surface area contributed by atoms with Gasteiger partial charge in [0, 0.05) is 16.3 Å². The third-order valence-corrected chi connectivity index (χ3v) is 3.24. The molecule has 0 bridgehead atoms. The Morgan fingerprint density at radius 3 is 2.11 bits per heavy atom. The number of hydrogen-bond donors (Lipinski definition) is 1. The maximum atomic E-state index is 11.3. The van der Waals surface area contributed by atoms with Gasteiger partial charge in [-0.15, -0.1) is 0 Å². The van der Waals surface area contributed by atoms with Crippen LogP contribution in [-0.2, 0) is 11.2 Å². The first kappa shape index (κ1) is 13.2. The van der Waals surface area contributed by atoms with Crippen LogP contribution in [0.15, 0.2) is 24.3 Å². The van der Waals surface area contributed by atoms with Crippen LogP contribution in [-0.4, -0.2) is 20.1 Å². The highest BCUT2D eigenvalue weighted by Crippen LogP contribution is 2.40. The maximum Gasteiger partial charge on any atom is 0.221 e. The average Bonchev–Trinajstić information content (AvgIpc) is 2.39. The summed E-state index contributed by atoms with van der Waals surface area (Å²) >= 11 is 0. The van der Waals surface area contributed by atoms with Gasteiger partial charge in [-0.1, -0.05) is 24.3 Å². The Morgan fingerprint density at radius 1 is 1.11 bits per heavy atom. The molecule has 4 heteroatoms. The molecule has 0 aliphatic rings. The van der Waals surface area contributed by atoms with Gasteiger partial charge < -0.3 is 15.2 Å². The number of carbonyl (C=O) groups excluding carboxylic acids is 1. The lowest BCUT2D eigenvalue weighted by Gasteiger charge is -2.18. The predicted octanol–water partition coefficient (Wildman–Crippen LogP) is 2.19. The Balaban J connectivity index is 2.86. The van der Waals surface area contributed by atoms with Crippen LogP contribution in [0.5, 0.6) is 11.5 Å². The lowest BCUT2D eigenvalue weighted by atomic mass is 9.96. The van der Waals surface area contributed by atoms with Gasteiger partial charge in [-0.25, -0.2) is 0 Å². The number of primary amides is 1. The molecular weight excluding hydrogens is 242 g/mol. The third kappa shape index (κ3) is 2.21. The second-order valence-electron chi connectivity index (χ2n) is 4.36. The van der Waals surface area contributed by atoms with Crippen LogP contribution in [0.3, 0.4) is 0 Å². The van der Waals surface area contributed by atoms with E-state index in [1.165, 1.54) is 0 Å². The number of ether oxygens (including phenoxy) is 2. The van der Waals surface area contributed by atoms with Gasteiger partial charge in [0.15, 0.2) is 0 Å². The van der Waals surface area contributed by atoms with Crippen LogP contribution < -0.4 is 15.2 Å². The van der Waals surface area contributed by atoms with Gasteiger partial charge in [-0.2, -0.15) is 0 Å². The monoisotopic (exact) mass is 259 g/mol. The quantitative estimate of drug-likeness (QED) is 0.915. The molecule has 0 atom stereocenters. The van der Waals surface area contributed by atoms with Crippen LogP contribution in [0.25, 0.3) is 10.8 Å². The second-order valence-corrected chi connectivity index (χ2v) is 4.36. The first-order valence-electron chi connectivity index (χ1n) is 6.00. The second kappa shape index (κ2) is 5.18. The lowest BCUT2D eigenvalue weighted by Crippen LogP contribution is -2.15. The summed E-state index contributed by atoms with van der Waals surface area (Å²) in [7, 11) is 3.22. The zero-order valence-electron chi connectivity index (χ0n) is 11.3. The van der Waals surface area contributed by atoms with Gasteiger partial charge in [-0.3, -0.25) is 4.79 Å². The number of rotatable bonds is 4. The summed E-state index contributed by atoms with van der Waals surface area (Å²) in [5.41, 5.74) is 6.99. The van der Waals surface area contributed by atoms with Crippen molar-refractivity contribution in [3.8, 4) is 11.5 Å². The molecule has 0 spiro atoms. The molecule has 2 rings (SSSR count). The van der Waals surface area contributed by atoms with Crippen molar-refractivity contribution >= 4 is 16.7 Å². The Kier molecular flexibility index (Phi) is 3.60. The molecule has 0 saturated carbocycles. The van der Waals surface area contributed by atoms with Crippen molar-refractivity contribution in [2.75, 3.05) is 14.2 Å². The van der Waals surface area contributed by atoms with Gasteiger partial charge in [0.25, 0.3) is 0 Å². The molecule has 4 nitrogen and oxygen atoms in total. The molecule has 0 aliphatic carbocycles. The van der Waals surface area contributed by atoms with Crippen molar-refractivity contribution in [3.63, 3.8) is 0 Å². The Labute approximate surface area is 112 Å². The fourth-order valence-electron chi connectivity index (χ4n) is 2.43. The van der Waals surface area contributed by atoms with E-state index in [1.807, 2.05) is 31.2 Å². The summed E-state index contributed by atoms with van der Waals surface area (Å²) in [5, 5.41) is 1.89. The Morgan fingerprint density at radius 2 is 1.63 bits per heavy atom. The van der Waals surface area contributed by atoms with Crippen molar-refractivity contribution in [2.45, 2.75) is 13.3 Å². The molecular formula is C15H17NO3. The highest BCUT2D eigenvalue weighted by molar-refractivity contribution is 5.97. The number of carbonyl (C=O) groups is 1. The van der Waals surface area contributed by atoms with E-state index < -0.39 is 5.91 Å². The van der Waals surface area contributed by atoms with E-state index in [-0.39, 0.29) is 6.42 Å². The van der Waals surface area contributed by atoms with Crippen LogP contribution in [0, 0.1) is 6.92 Å². The van der Waals surface area contributed by atoms with Crippen molar-refractivity contribution < 1.29 is 14.3 Å². The average molecular weight is 259 g/mol. The Hall–Kier alpha value is -2.23. The van der Waals surface area contributed by atoms with Crippen molar-refractivity contribution in [1.29, 1.82) is 0 Å². The summed E-state index contributed by atoms with van der Waals surface area (Å²) in [4.78, 5) is 11.3. The summed E-state index contributed by atoms with van der Waals surface area (Å²) in [6, 6.07) is 7.78. The van der Waals surface area contributed by atoms with Crippen LogP contribution in [0.1, 0.15) is 11.1 Å². The summed E-state index contributed by atoms with van der Waals surface area (Å²) < 4.78 is 10.9. The predicted molar refractivity (Wildman–Crippen MR) is 74.7 cm³/mol. The standard InChI is InChI=1S/C15H17NO3/c1-9-12(8-13(16)17)15(19-3)11-7-5-4-6-10(11)14(9)18-2/h4-7H,8H2,1-3H3,(H2,16,17). The van der Waals surface area contributed by atoms with Gasteiger partial charge >= 0.3 is 0 Å². The number of fused-ring (bicyclic) bond motifs is 1. The molecule has 0 aliphatic heterocycles. The minimum absolute atomic E-state index is 0.135. The smallest absolute Gasteiger partial charge is 0.221 e. The van der Waals surface area contributed by atoms with E-state index >= 15 is 0 Å². The fraction of sp³-hybridized carbons (Fsp3) is 0.267. The van der Waals surface area contributed by atoms with Gasteiger partial charge in [0.1, 0.15) is 11.5 Å². The molecule has 0 saturated heterocycles. The molecule has 1 amide bonds. The molecule has 2 aromatic carbocycles. The van der Waals surface area contributed by atoms with Crippen molar-refractivity contribution in [2.24, 2.45) is 5.73 Å². The molecule has 0 aromatic heterocycles. The van der Waals surface area contributed by atoms with E-state index in [9.17, 15) is 4.79 Å². The number of nitrogens with two attached hydrogens (primary N) is 1. The SMILES string of the molecule is COc1c(C)c(CC(N)=O)c(OC)c2ccccc12. The van der Waals surface area contributed by atoms with Gasteiger partial charge in [0.05, 0.1) is 20.6 Å². The maximum absolute atomic E-state index is 11.3. The van der Waals surface area contributed by atoms with Crippen molar-refractivity contribution in [1.82, 2.24) is 0 Å². The molecule has 2 N–H and O–H groups in total. The van der Waals surface area contributed by atoms with Crippen molar-refractivity contribution in [3.05, 3.63) is 35.4 Å². The summed E-state index contributed by atoms with van der Waals surface area (Å²) in [6.07, 6.45) is 0.135. The number of amides is 1. The minimum Gasteiger partial charge on any atom is -0.496 e. The third-order valence-electron chi connectivity index (χ3n) is 3.24. The number of methoxy groups -OCH3 is 2. The largest absolute Gasteiger partial charge is 0.496 e. The van der Waals surface area contributed by atoms with E-state index in [0.29, 0.717) is 5.75 Å². The van der Waals surface area contributed by atoms with Crippen LogP contribution in [0.2, 0.25) is 0 Å². The first-order valence-corrected chi connectivity index (χ1v) is 6.00. The highest BCUT2D eigenvalue weighted by Gasteiger charge is 2.18. The van der Waals surface area contributed by atoms with Crippen LogP contribution >= 0.6 is 0 Å². The molecule has 0 radical (unpaired) electrons. The molecule has 0 fully saturated rings. The molecule has 0 heterocycles. The number of hydrogen-bond acceptors (Lipinski definition) is 3. The minimum atomic E-state index is -0.390. The van der Waals surface area contributed by atoms with E-state index in [0.717, 1.165) is 27.6 Å². The zero-order valence-corrected chi connectivity index (χ0v) is 11.3. The van der Waals surface area contributed by atoms with Gasteiger partial charge in [0.2, 0.25) is 5.91 Å². The zero-order chi connectivity index (χ0) is 14.0. The van der Waals surface area contributed by atoms with E-state index in [2.05, 4.69) is 0 Å². The normalized spacial score (nSPS) is 10.5. The molecule has 0 unspecified atom stereocenters. The van der Waals surface area contributed by atoms with E-state index in [1.54, 1.807) is 14.2 Å². The van der Waals surface area contributed by atoms with E-state index in [4.69, 9.17) is 15.2 Å². The molecule has 100 valence electrons. The topological polar surface area (TPSA) is 61.5 Å². The summed E-state index contributed by atoms with van der Waals surface area (Å²) in [6.45, 7) is 1.91. The molecule has 19 heavy (non-hydrogen) atoms. The molecule has 2 aromatic rings. The number of benzene rings is 2. The van der Waals surface area contributed by atoms with Gasteiger partial charge in [-0.05, 0) is 12.5 Å². The Bertz CT molecular complexity index is 635. The summed E-state index contributed by atoms with van der Waals surface area (Å²) in [5.74, 6) is 1.05. The van der Waals surface area contributed by atoms with Crippen LogP contribution in [0.4, 0.5) is 0 Å². The first-order chi connectivity index (χ1) is 9.10. The highest BCUT2D eigenvalue weighted by atomic mass is 16.5. The fourth-order valence-corrected chi connectivity index (χ4v) is 2.43. The lowest BCUT2D eigenvalue weighted by molar-refractivity contribution is -0.117.